The summed E-state index contributed by atoms with van der Waals surface area (Å²) in [5, 5.41) is 2.55. The van der Waals surface area contributed by atoms with E-state index in [0.717, 1.165) is 0 Å². The number of nitrogens with one attached hydrogen (secondary N) is 1. The fraction of sp³-hybridized carbons (Fsp3) is 0.300. The highest BCUT2D eigenvalue weighted by Crippen LogP contribution is 2.16. The van der Waals surface area contributed by atoms with Gasteiger partial charge < -0.3 is 14.2 Å². The van der Waals surface area contributed by atoms with Crippen LogP contribution in [-0.4, -0.2) is 30.9 Å². The number of esters is 1. The number of amides is 1. The van der Waals surface area contributed by atoms with E-state index < -0.39 is 23.5 Å². The summed E-state index contributed by atoms with van der Waals surface area (Å²) in [5.74, 6) is -0.971. The predicted molar refractivity (Wildman–Crippen MR) is 98.5 cm³/mol. The van der Waals surface area contributed by atoms with Gasteiger partial charge in [-0.1, -0.05) is 18.2 Å². The molecule has 0 aliphatic carbocycles. The second-order valence-electron chi connectivity index (χ2n) is 6.62. The second-order valence-corrected chi connectivity index (χ2v) is 6.62. The Hall–Kier alpha value is -3.09. The molecule has 6 nitrogen and oxygen atoms in total. The lowest BCUT2D eigenvalue weighted by Gasteiger charge is -2.19. The van der Waals surface area contributed by atoms with E-state index in [1.54, 1.807) is 51.1 Å². The third-order valence-corrected chi connectivity index (χ3v) is 3.15. The van der Waals surface area contributed by atoms with Crippen LogP contribution in [0.2, 0.25) is 0 Å². The van der Waals surface area contributed by atoms with Crippen molar-refractivity contribution < 1.29 is 28.2 Å². The maximum atomic E-state index is 13.4. The molecule has 144 valence electrons. The Morgan fingerprint density at radius 2 is 1.78 bits per heavy atom. The number of rotatable bonds is 6. The highest BCUT2D eigenvalue weighted by atomic mass is 19.1. The summed E-state index contributed by atoms with van der Waals surface area (Å²) in [4.78, 5) is 23.9. The lowest BCUT2D eigenvalue weighted by atomic mass is 10.2. The van der Waals surface area contributed by atoms with E-state index in [4.69, 9.17) is 14.2 Å². The number of hydrogen-bond donors (Lipinski definition) is 1. The Morgan fingerprint density at radius 3 is 2.48 bits per heavy atom. The fourth-order valence-corrected chi connectivity index (χ4v) is 2.08. The minimum atomic E-state index is -0.626. The molecule has 0 saturated carbocycles. The number of carbonyl (C=O) groups excluding carboxylic acids is 2. The van der Waals surface area contributed by atoms with E-state index in [1.807, 2.05) is 0 Å². The quantitative estimate of drug-likeness (QED) is 0.598. The van der Waals surface area contributed by atoms with Gasteiger partial charge in [0.25, 0.3) is 0 Å². The fourth-order valence-electron chi connectivity index (χ4n) is 2.08. The molecule has 0 fully saturated rings. The Kier molecular flexibility index (Phi) is 6.76. The van der Waals surface area contributed by atoms with E-state index in [2.05, 4.69) is 5.32 Å². The zero-order valence-electron chi connectivity index (χ0n) is 15.5. The van der Waals surface area contributed by atoms with Crippen molar-refractivity contribution in [3.05, 3.63) is 59.9 Å². The van der Waals surface area contributed by atoms with Crippen LogP contribution in [0.15, 0.2) is 48.5 Å². The normalized spacial score (nSPS) is 10.8. The summed E-state index contributed by atoms with van der Waals surface area (Å²) in [6.45, 7) is 5.23. The maximum Gasteiger partial charge on any atom is 0.412 e. The first-order valence-corrected chi connectivity index (χ1v) is 8.39. The number of benzene rings is 2. The molecule has 0 aromatic heterocycles. The number of hydrogen-bond acceptors (Lipinski definition) is 5. The zero-order valence-corrected chi connectivity index (χ0v) is 15.5. The van der Waals surface area contributed by atoms with E-state index >= 15 is 0 Å². The third kappa shape index (κ3) is 6.97. The van der Waals surface area contributed by atoms with Crippen LogP contribution in [0, 0.1) is 5.82 Å². The molecule has 0 aliphatic rings. The van der Waals surface area contributed by atoms with Gasteiger partial charge in [-0.2, -0.15) is 0 Å². The molecule has 0 radical (unpaired) electrons. The van der Waals surface area contributed by atoms with Gasteiger partial charge in [0.2, 0.25) is 0 Å². The van der Waals surface area contributed by atoms with Crippen LogP contribution in [0.25, 0.3) is 0 Å². The molecule has 1 N–H and O–H groups in total. The van der Waals surface area contributed by atoms with Gasteiger partial charge in [-0.05, 0) is 51.1 Å². The summed E-state index contributed by atoms with van der Waals surface area (Å²) in [6.07, 6.45) is -0.619. The van der Waals surface area contributed by atoms with Gasteiger partial charge in [-0.25, -0.2) is 14.0 Å². The van der Waals surface area contributed by atoms with Crippen LogP contribution in [0.1, 0.15) is 31.1 Å². The molecule has 2 aromatic rings. The molecule has 27 heavy (non-hydrogen) atoms. The summed E-state index contributed by atoms with van der Waals surface area (Å²) < 4.78 is 28.9. The maximum absolute atomic E-state index is 13.4. The highest BCUT2D eigenvalue weighted by Gasteiger charge is 2.17. The van der Waals surface area contributed by atoms with Crippen molar-refractivity contribution in [2.45, 2.75) is 26.4 Å². The molecule has 0 aliphatic heterocycles. The molecule has 0 bridgehead atoms. The minimum absolute atomic E-state index is 0.0164. The van der Waals surface area contributed by atoms with Gasteiger partial charge in [-0.3, -0.25) is 5.32 Å². The van der Waals surface area contributed by atoms with Crippen LogP contribution < -0.4 is 10.1 Å². The first-order valence-electron chi connectivity index (χ1n) is 8.39. The molecule has 0 atom stereocenters. The summed E-state index contributed by atoms with van der Waals surface area (Å²) >= 11 is 0. The molecule has 2 aromatic carbocycles. The van der Waals surface area contributed by atoms with Crippen molar-refractivity contribution in [3.8, 4) is 5.75 Å². The summed E-state index contributed by atoms with van der Waals surface area (Å²) in [5.41, 5.74) is 0.0366. The first-order chi connectivity index (χ1) is 12.7. The third-order valence-electron chi connectivity index (χ3n) is 3.15. The van der Waals surface area contributed by atoms with Crippen molar-refractivity contribution in [2.75, 3.05) is 18.5 Å². The zero-order chi connectivity index (χ0) is 19.9. The summed E-state index contributed by atoms with van der Waals surface area (Å²) in [7, 11) is 0. The van der Waals surface area contributed by atoms with E-state index in [0.29, 0.717) is 5.69 Å². The minimum Gasteiger partial charge on any atom is -0.487 e. The molecule has 1 amide bonds. The number of ether oxygens (including phenoxy) is 3. The Bertz CT molecular complexity index is 801. The van der Waals surface area contributed by atoms with E-state index in [9.17, 15) is 14.0 Å². The van der Waals surface area contributed by atoms with Gasteiger partial charge in [0.1, 0.15) is 18.8 Å². The smallest absolute Gasteiger partial charge is 0.412 e. The molecular formula is C20H22FNO5. The molecule has 7 heteroatoms. The number of halogens is 1. The molecular weight excluding hydrogens is 353 g/mol. The number of carbonyl (C=O) groups is 2. The van der Waals surface area contributed by atoms with Crippen molar-refractivity contribution in [1.29, 1.82) is 0 Å². The number of para-hydroxylation sites is 1. The van der Waals surface area contributed by atoms with Crippen molar-refractivity contribution in [2.24, 2.45) is 0 Å². The Labute approximate surface area is 157 Å². The van der Waals surface area contributed by atoms with Crippen molar-refractivity contribution in [1.82, 2.24) is 0 Å². The molecule has 0 unspecified atom stereocenters. The largest absolute Gasteiger partial charge is 0.487 e. The molecule has 2 rings (SSSR count). The van der Waals surface area contributed by atoms with Crippen LogP contribution in [0.4, 0.5) is 14.9 Å². The highest BCUT2D eigenvalue weighted by molar-refractivity contribution is 5.92. The SMILES string of the molecule is CC(C)(C)OC(=O)Nc1cccc(C(=O)OCCOc2ccccc2F)c1. The van der Waals surface area contributed by atoms with Gasteiger partial charge in [0, 0.05) is 5.69 Å². The summed E-state index contributed by atoms with van der Waals surface area (Å²) in [6, 6.07) is 12.2. The average molecular weight is 375 g/mol. The topological polar surface area (TPSA) is 73.9 Å². The lowest BCUT2D eigenvalue weighted by molar-refractivity contribution is 0.0447. The molecule has 0 saturated heterocycles. The van der Waals surface area contributed by atoms with Gasteiger partial charge in [-0.15, -0.1) is 0 Å². The molecule has 0 spiro atoms. The van der Waals surface area contributed by atoms with Crippen molar-refractivity contribution >= 4 is 17.7 Å². The van der Waals surface area contributed by atoms with Crippen LogP contribution in [-0.2, 0) is 9.47 Å². The first kappa shape index (κ1) is 20.2. The van der Waals surface area contributed by atoms with E-state index in [1.165, 1.54) is 18.2 Å². The predicted octanol–water partition coefficient (Wildman–Crippen LogP) is 4.41. The van der Waals surface area contributed by atoms with Crippen LogP contribution in [0.5, 0.6) is 5.75 Å². The van der Waals surface area contributed by atoms with Gasteiger partial charge in [0.05, 0.1) is 5.56 Å². The van der Waals surface area contributed by atoms with Gasteiger partial charge >= 0.3 is 12.1 Å². The monoisotopic (exact) mass is 375 g/mol. The molecule has 0 heterocycles. The standard InChI is InChI=1S/C20H22FNO5/c1-20(2,3)27-19(24)22-15-8-6-7-14(13-15)18(23)26-12-11-25-17-10-5-4-9-16(17)21/h4-10,13H,11-12H2,1-3H3,(H,22,24). The van der Waals surface area contributed by atoms with Crippen LogP contribution >= 0.6 is 0 Å². The van der Waals surface area contributed by atoms with E-state index in [-0.39, 0.29) is 24.5 Å². The lowest BCUT2D eigenvalue weighted by Crippen LogP contribution is -2.27. The Balaban J connectivity index is 1.84. The Morgan fingerprint density at radius 1 is 1.04 bits per heavy atom. The number of anilines is 1. The van der Waals surface area contributed by atoms with Crippen LogP contribution in [0.3, 0.4) is 0 Å². The average Bonchev–Trinajstić information content (AvgIpc) is 2.58. The second kappa shape index (κ2) is 9.02. The van der Waals surface area contributed by atoms with Crippen molar-refractivity contribution in [3.63, 3.8) is 0 Å². The van der Waals surface area contributed by atoms with Gasteiger partial charge in [0.15, 0.2) is 11.6 Å².